The minimum atomic E-state index is -0.302. The number of carbonyl (C=O) groups is 1. The molecule has 2 rings (SSSR count). The molecule has 17 heavy (non-hydrogen) atoms. The number of aromatic nitrogens is 1. The first-order chi connectivity index (χ1) is 8.16. The van der Waals surface area contributed by atoms with E-state index in [0.717, 1.165) is 30.7 Å². The molecule has 0 atom stereocenters. The van der Waals surface area contributed by atoms with E-state index in [4.69, 9.17) is 5.73 Å². The SMILES string of the molecule is Cc1cccc(CNC(=O)C2(CN)CCC2)n1. The van der Waals surface area contributed by atoms with Crippen molar-refractivity contribution < 1.29 is 4.79 Å². The maximum Gasteiger partial charge on any atom is 0.227 e. The van der Waals surface area contributed by atoms with E-state index in [1.54, 1.807) is 0 Å². The Labute approximate surface area is 102 Å². The van der Waals surface area contributed by atoms with Crippen molar-refractivity contribution in [3.05, 3.63) is 29.6 Å². The zero-order valence-corrected chi connectivity index (χ0v) is 10.2. The molecule has 0 radical (unpaired) electrons. The summed E-state index contributed by atoms with van der Waals surface area (Å²) >= 11 is 0. The first-order valence-corrected chi connectivity index (χ1v) is 6.07. The van der Waals surface area contributed by atoms with Crippen molar-refractivity contribution in [3.8, 4) is 0 Å². The van der Waals surface area contributed by atoms with Gasteiger partial charge in [-0.2, -0.15) is 0 Å². The number of carbonyl (C=O) groups excluding carboxylic acids is 1. The Hall–Kier alpha value is -1.42. The maximum atomic E-state index is 12.0. The molecule has 0 bridgehead atoms. The van der Waals surface area contributed by atoms with Crippen LogP contribution in [-0.4, -0.2) is 17.4 Å². The van der Waals surface area contributed by atoms with Gasteiger partial charge in [0.1, 0.15) is 0 Å². The van der Waals surface area contributed by atoms with E-state index in [9.17, 15) is 4.79 Å². The highest BCUT2D eigenvalue weighted by Gasteiger charge is 2.42. The second-order valence-electron chi connectivity index (χ2n) is 4.79. The van der Waals surface area contributed by atoms with Gasteiger partial charge in [0.15, 0.2) is 0 Å². The van der Waals surface area contributed by atoms with E-state index < -0.39 is 0 Å². The predicted molar refractivity (Wildman–Crippen MR) is 66.2 cm³/mol. The summed E-state index contributed by atoms with van der Waals surface area (Å²) in [7, 11) is 0. The number of nitrogens with two attached hydrogens (primary N) is 1. The summed E-state index contributed by atoms with van der Waals surface area (Å²) in [6.45, 7) is 2.88. The zero-order valence-electron chi connectivity index (χ0n) is 10.2. The molecule has 1 heterocycles. The van der Waals surface area contributed by atoms with E-state index in [0.29, 0.717) is 13.1 Å². The van der Waals surface area contributed by atoms with Gasteiger partial charge in [0, 0.05) is 12.2 Å². The minimum absolute atomic E-state index is 0.0783. The van der Waals surface area contributed by atoms with Crippen molar-refractivity contribution in [2.24, 2.45) is 11.1 Å². The quantitative estimate of drug-likeness (QED) is 0.819. The summed E-state index contributed by atoms with van der Waals surface area (Å²) in [5, 5.41) is 2.94. The molecular weight excluding hydrogens is 214 g/mol. The Morgan fingerprint density at radius 1 is 1.53 bits per heavy atom. The topological polar surface area (TPSA) is 68.0 Å². The van der Waals surface area contributed by atoms with Crippen LogP contribution in [0.5, 0.6) is 0 Å². The fourth-order valence-electron chi connectivity index (χ4n) is 2.18. The molecule has 4 nitrogen and oxygen atoms in total. The van der Waals surface area contributed by atoms with E-state index >= 15 is 0 Å². The van der Waals surface area contributed by atoms with Crippen LogP contribution in [0.3, 0.4) is 0 Å². The van der Waals surface area contributed by atoms with Crippen LogP contribution in [0.25, 0.3) is 0 Å². The molecule has 0 unspecified atom stereocenters. The highest BCUT2D eigenvalue weighted by molar-refractivity contribution is 5.83. The normalized spacial score (nSPS) is 17.3. The molecule has 1 amide bonds. The Kier molecular flexibility index (Phi) is 3.43. The Morgan fingerprint density at radius 2 is 2.29 bits per heavy atom. The molecule has 1 aromatic heterocycles. The van der Waals surface area contributed by atoms with Crippen molar-refractivity contribution >= 4 is 5.91 Å². The molecule has 1 saturated carbocycles. The summed E-state index contributed by atoms with van der Waals surface area (Å²) in [5.74, 6) is 0.0783. The Balaban J connectivity index is 1.92. The standard InChI is InChI=1S/C13H19N3O/c1-10-4-2-5-11(16-10)8-15-12(17)13(9-14)6-3-7-13/h2,4-5H,3,6-9,14H2,1H3,(H,15,17). The largest absolute Gasteiger partial charge is 0.350 e. The van der Waals surface area contributed by atoms with Gasteiger partial charge in [-0.25, -0.2) is 0 Å². The number of rotatable bonds is 4. The van der Waals surface area contributed by atoms with Gasteiger partial charge in [-0.3, -0.25) is 9.78 Å². The third kappa shape index (κ3) is 2.47. The van der Waals surface area contributed by atoms with Gasteiger partial charge in [0.2, 0.25) is 5.91 Å². The number of hydrogen-bond donors (Lipinski definition) is 2. The lowest BCUT2D eigenvalue weighted by molar-refractivity contribution is -0.135. The number of nitrogens with zero attached hydrogens (tertiary/aromatic N) is 1. The number of pyridine rings is 1. The molecule has 0 spiro atoms. The molecule has 92 valence electrons. The van der Waals surface area contributed by atoms with Crippen molar-refractivity contribution in [2.45, 2.75) is 32.7 Å². The highest BCUT2D eigenvalue weighted by Crippen LogP contribution is 2.39. The van der Waals surface area contributed by atoms with E-state index in [1.165, 1.54) is 0 Å². The lowest BCUT2D eigenvalue weighted by Gasteiger charge is -2.39. The zero-order chi connectivity index (χ0) is 12.3. The van der Waals surface area contributed by atoms with Crippen LogP contribution >= 0.6 is 0 Å². The minimum Gasteiger partial charge on any atom is -0.350 e. The van der Waals surface area contributed by atoms with Crippen molar-refractivity contribution in [1.82, 2.24) is 10.3 Å². The average molecular weight is 233 g/mol. The van der Waals surface area contributed by atoms with Gasteiger partial charge in [-0.15, -0.1) is 0 Å². The number of aryl methyl sites for hydroxylation is 1. The summed E-state index contributed by atoms with van der Waals surface area (Å²) in [5.41, 5.74) is 7.24. The van der Waals surface area contributed by atoms with Gasteiger partial charge in [-0.05, 0) is 31.9 Å². The molecule has 0 aromatic carbocycles. The van der Waals surface area contributed by atoms with E-state index in [-0.39, 0.29) is 11.3 Å². The van der Waals surface area contributed by atoms with Crippen molar-refractivity contribution in [1.29, 1.82) is 0 Å². The smallest absolute Gasteiger partial charge is 0.227 e. The highest BCUT2D eigenvalue weighted by atomic mass is 16.2. The lowest BCUT2D eigenvalue weighted by atomic mass is 9.68. The van der Waals surface area contributed by atoms with Crippen LogP contribution in [-0.2, 0) is 11.3 Å². The molecular formula is C13H19N3O. The fourth-order valence-corrected chi connectivity index (χ4v) is 2.18. The van der Waals surface area contributed by atoms with E-state index in [2.05, 4.69) is 10.3 Å². The summed E-state index contributed by atoms with van der Waals surface area (Å²) in [6.07, 6.45) is 2.93. The Morgan fingerprint density at radius 3 is 2.82 bits per heavy atom. The van der Waals surface area contributed by atoms with Gasteiger partial charge in [0.25, 0.3) is 0 Å². The van der Waals surface area contributed by atoms with Crippen LogP contribution < -0.4 is 11.1 Å². The van der Waals surface area contributed by atoms with Gasteiger partial charge in [-0.1, -0.05) is 12.5 Å². The fraction of sp³-hybridized carbons (Fsp3) is 0.538. The van der Waals surface area contributed by atoms with Crippen molar-refractivity contribution in [2.75, 3.05) is 6.54 Å². The summed E-state index contributed by atoms with van der Waals surface area (Å²) < 4.78 is 0. The number of amides is 1. The summed E-state index contributed by atoms with van der Waals surface area (Å²) in [6, 6.07) is 5.81. The molecule has 0 aliphatic heterocycles. The third-order valence-corrected chi connectivity index (χ3v) is 3.56. The predicted octanol–water partition coefficient (Wildman–Crippen LogP) is 1.14. The van der Waals surface area contributed by atoms with Gasteiger partial charge < -0.3 is 11.1 Å². The van der Waals surface area contributed by atoms with Gasteiger partial charge >= 0.3 is 0 Å². The number of hydrogen-bond acceptors (Lipinski definition) is 3. The molecule has 1 aliphatic carbocycles. The van der Waals surface area contributed by atoms with Crippen LogP contribution in [0.1, 0.15) is 30.7 Å². The summed E-state index contributed by atoms with van der Waals surface area (Å²) in [4.78, 5) is 16.4. The number of nitrogens with one attached hydrogen (secondary N) is 1. The molecule has 4 heteroatoms. The molecule has 1 aliphatic rings. The Bertz CT molecular complexity index is 407. The second-order valence-corrected chi connectivity index (χ2v) is 4.79. The first-order valence-electron chi connectivity index (χ1n) is 6.07. The lowest BCUT2D eigenvalue weighted by Crippen LogP contribution is -2.50. The van der Waals surface area contributed by atoms with Gasteiger partial charge in [0.05, 0.1) is 17.7 Å². The second kappa shape index (κ2) is 4.84. The molecule has 1 fully saturated rings. The van der Waals surface area contributed by atoms with Crippen LogP contribution in [0, 0.1) is 12.3 Å². The third-order valence-electron chi connectivity index (χ3n) is 3.56. The maximum absolute atomic E-state index is 12.0. The molecule has 1 aromatic rings. The first kappa shape index (κ1) is 12.0. The van der Waals surface area contributed by atoms with Crippen LogP contribution in [0.2, 0.25) is 0 Å². The monoisotopic (exact) mass is 233 g/mol. The van der Waals surface area contributed by atoms with Crippen LogP contribution in [0.15, 0.2) is 18.2 Å². The van der Waals surface area contributed by atoms with Crippen molar-refractivity contribution in [3.63, 3.8) is 0 Å². The average Bonchev–Trinajstić information content (AvgIpc) is 2.26. The van der Waals surface area contributed by atoms with E-state index in [1.807, 2.05) is 25.1 Å². The van der Waals surface area contributed by atoms with Crippen LogP contribution in [0.4, 0.5) is 0 Å². The molecule has 3 N–H and O–H groups in total. The molecule has 0 saturated heterocycles.